The molecule has 0 unspecified atom stereocenters. The number of hydrogen-bond acceptors (Lipinski definition) is 5. The van der Waals surface area contributed by atoms with Crippen LogP contribution in [0.15, 0.2) is 42.7 Å². The predicted molar refractivity (Wildman–Crippen MR) is 95.1 cm³/mol. The number of carbonyl (C=O) groups is 1. The Kier molecular flexibility index (Phi) is 4.49. The molecular formula is C18H16F2N6O. The van der Waals surface area contributed by atoms with Crippen molar-refractivity contribution >= 4 is 17.4 Å². The second kappa shape index (κ2) is 7.10. The average Bonchev–Trinajstić information content (AvgIpc) is 3.31. The van der Waals surface area contributed by atoms with E-state index in [0.29, 0.717) is 29.3 Å². The maximum absolute atomic E-state index is 13.1. The zero-order valence-corrected chi connectivity index (χ0v) is 14.2. The Labute approximate surface area is 153 Å². The van der Waals surface area contributed by atoms with Crippen LogP contribution >= 0.6 is 0 Å². The highest BCUT2D eigenvalue weighted by Crippen LogP contribution is 2.27. The third-order valence-electron chi connectivity index (χ3n) is 4.38. The topological polar surface area (TPSA) is 84.7 Å². The summed E-state index contributed by atoms with van der Waals surface area (Å²) in [4.78, 5) is 16.5. The molecule has 4 rings (SSSR count). The molecule has 2 aromatic heterocycles. The SMILES string of the molecule is O=C1NCc2cccc(Nc3cccc(-c4nncn4C(CF)CF)n3)c21. The summed E-state index contributed by atoms with van der Waals surface area (Å²) in [7, 11) is 0. The van der Waals surface area contributed by atoms with Gasteiger partial charge in [-0.15, -0.1) is 10.2 Å². The lowest BCUT2D eigenvalue weighted by atomic mass is 10.1. The highest BCUT2D eigenvalue weighted by atomic mass is 19.1. The highest BCUT2D eigenvalue weighted by molar-refractivity contribution is 6.04. The van der Waals surface area contributed by atoms with Crippen LogP contribution < -0.4 is 10.6 Å². The summed E-state index contributed by atoms with van der Waals surface area (Å²) in [6.45, 7) is -1.25. The van der Waals surface area contributed by atoms with Gasteiger partial charge in [0.15, 0.2) is 5.82 Å². The summed E-state index contributed by atoms with van der Waals surface area (Å²) < 4.78 is 27.5. The van der Waals surface area contributed by atoms with Crippen LogP contribution in [0.4, 0.5) is 20.3 Å². The summed E-state index contributed by atoms with van der Waals surface area (Å²) in [6.07, 6.45) is 1.29. The molecule has 0 radical (unpaired) electrons. The van der Waals surface area contributed by atoms with Crippen LogP contribution in [0.25, 0.3) is 11.5 Å². The molecule has 1 aliphatic rings. The smallest absolute Gasteiger partial charge is 0.254 e. The molecule has 1 aromatic carbocycles. The summed E-state index contributed by atoms with van der Waals surface area (Å²) in [5, 5.41) is 13.6. The van der Waals surface area contributed by atoms with E-state index in [4.69, 9.17) is 0 Å². The average molecular weight is 370 g/mol. The molecule has 3 heterocycles. The number of rotatable bonds is 6. The minimum Gasteiger partial charge on any atom is -0.348 e. The maximum atomic E-state index is 13.1. The fraction of sp³-hybridized carbons (Fsp3) is 0.222. The number of anilines is 2. The molecule has 2 N–H and O–H groups in total. The number of pyridine rings is 1. The maximum Gasteiger partial charge on any atom is 0.254 e. The fourth-order valence-electron chi connectivity index (χ4n) is 3.03. The molecule has 7 nitrogen and oxygen atoms in total. The molecule has 3 aromatic rings. The second-order valence-corrected chi connectivity index (χ2v) is 6.08. The van der Waals surface area contributed by atoms with Crippen LogP contribution in [-0.4, -0.2) is 39.0 Å². The minimum atomic E-state index is -0.991. The number of halogens is 2. The second-order valence-electron chi connectivity index (χ2n) is 6.08. The molecule has 9 heteroatoms. The van der Waals surface area contributed by atoms with Gasteiger partial charge in [0, 0.05) is 6.54 Å². The molecule has 138 valence electrons. The Balaban J connectivity index is 1.67. The van der Waals surface area contributed by atoms with Crippen molar-refractivity contribution in [3.05, 3.63) is 53.9 Å². The van der Waals surface area contributed by atoms with Gasteiger partial charge in [0.25, 0.3) is 5.91 Å². The Bertz CT molecular complexity index is 985. The van der Waals surface area contributed by atoms with E-state index in [9.17, 15) is 13.6 Å². The van der Waals surface area contributed by atoms with E-state index in [0.717, 1.165) is 5.56 Å². The van der Waals surface area contributed by atoms with E-state index in [1.807, 2.05) is 12.1 Å². The van der Waals surface area contributed by atoms with E-state index in [-0.39, 0.29) is 11.7 Å². The fourth-order valence-corrected chi connectivity index (χ4v) is 3.03. The molecule has 27 heavy (non-hydrogen) atoms. The van der Waals surface area contributed by atoms with Crippen LogP contribution in [-0.2, 0) is 6.54 Å². The van der Waals surface area contributed by atoms with Crippen molar-refractivity contribution in [3.63, 3.8) is 0 Å². The quantitative estimate of drug-likeness (QED) is 0.697. The largest absolute Gasteiger partial charge is 0.348 e. The lowest BCUT2D eigenvalue weighted by Crippen LogP contribution is -2.14. The molecule has 0 saturated carbocycles. The summed E-state index contributed by atoms with van der Waals surface area (Å²) >= 11 is 0. The van der Waals surface area contributed by atoms with Crippen LogP contribution in [0, 0.1) is 0 Å². The zero-order valence-electron chi connectivity index (χ0n) is 14.2. The van der Waals surface area contributed by atoms with Gasteiger partial charge in [-0.1, -0.05) is 18.2 Å². The number of aromatic nitrogens is 4. The number of alkyl halides is 2. The van der Waals surface area contributed by atoms with Gasteiger partial charge in [-0.25, -0.2) is 13.8 Å². The van der Waals surface area contributed by atoms with Crippen molar-refractivity contribution in [2.45, 2.75) is 12.6 Å². The molecule has 0 atom stereocenters. The standard InChI is InChI=1S/C18H16F2N6O/c19-7-12(8-20)26-10-22-25-17(26)14-5-2-6-15(24-14)23-13-4-1-3-11-9-21-18(27)16(11)13/h1-6,10,12H,7-9H2,(H,21,27)(H,23,24). The third-order valence-corrected chi connectivity index (χ3v) is 4.38. The van der Waals surface area contributed by atoms with Crippen molar-refractivity contribution < 1.29 is 13.6 Å². The molecule has 1 aliphatic heterocycles. The highest BCUT2D eigenvalue weighted by Gasteiger charge is 2.22. The van der Waals surface area contributed by atoms with Crippen LogP contribution in [0.3, 0.4) is 0 Å². The molecule has 0 saturated heterocycles. The Morgan fingerprint density at radius 3 is 2.81 bits per heavy atom. The van der Waals surface area contributed by atoms with Crippen LogP contribution in [0.2, 0.25) is 0 Å². The molecule has 0 fully saturated rings. The zero-order chi connectivity index (χ0) is 18.8. The minimum absolute atomic E-state index is 0.141. The number of carbonyl (C=O) groups excluding carboxylic acids is 1. The molecule has 1 amide bonds. The Hall–Kier alpha value is -3.36. The molecule has 0 aliphatic carbocycles. The van der Waals surface area contributed by atoms with Gasteiger partial charge in [-0.05, 0) is 23.8 Å². The van der Waals surface area contributed by atoms with Crippen molar-refractivity contribution in [2.24, 2.45) is 0 Å². The summed E-state index contributed by atoms with van der Waals surface area (Å²) in [6, 6.07) is 9.71. The number of fused-ring (bicyclic) bond motifs is 1. The first kappa shape index (κ1) is 17.1. The normalized spacial score (nSPS) is 12.9. The van der Waals surface area contributed by atoms with Crippen LogP contribution in [0.5, 0.6) is 0 Å². The molecule has 0 bridgehead atoms. The van der Waals surface area contributed by atoms with Crippen molar-refractivity contribution in [3.8, 4) is 11.5 Å². The van der Waals surface area contributed by atoms with Crippen LogP contribution in [0.1, 0.15) is 22.0 Å². The van der Waals surface area contributed by atoms with Gasteiger partial charge in [-0.2, -0.15) is 0 Å². The lowest BCUT2D eigenvalue weighted by molar-refractivity contribution is 0.0966. The molecule has 0 spiro atoms. The first-order valence-electron chi connectivity index (χ1n) is 8.37. The summed E-state index contributed by atoms with van der Waals surface area (Å²) in [5.41, 5.74) is 2.55. The Morgan fingerprint density at radius 1 is 1.19 bits per heavy atom. The molecular weight excluding hydrogens is 354 g/mol. The van der Waals surface area contributed by atoms with Gasteiger partial charge >= 0.3 is 0 Å². The van der Waals surface area contributed by atoms with E-state index in [1.165, 1.54) is 10.9 Å². The third kappa shape index (κ3) is 3.12. The van der Waals surface area contributed by atoms with Gasteiger partial charge in [0.05, 0.1) is 17.3 Å². The number of nitrogens with one attached hydrogen (secondary N) is 2. The van der Waals surface area contributed by atoms with Gasteiger partial charge < -0.3 is 15.2 Å². The first-order valence-corrected chi connectivity index (χ1v) is 8.37. The van der Waals surface area contributed by atoms with E-state index < -0.39 is 19.4 Å². The van der Waals surface area contributed by atoms with E-state index in [2.05, 4.69) is 25.8 Å². The van der Waals surface area contributed by atoms with Crippen molar-refractivity contribution in [2.75, 3.05) is 18.7 Å². The van der Waals surface area contributed by atoms with Crippen molar-refractivity contribution in [1.82, 2.24) is 25.1 Å². The number of nitrogens with zero attached hydrogens (tertiary/aromatic N) is 4. The number of hydrogen-bond donors (Lipinski definition) is 2. The number of amides is 1. The first-order chi connectivity index (χ1) is 13.2. The van der Waals surface area contributed by atoms with Gasteiger partial charge in [-0.3, -0.25) is 4.79 Å². The number of benzene rings is 1. The predicted octanol–water partition coefficient (Wildman–Crippen LogP) is 2.81. The summed E-state index contributed by atoms with van der Waals surface area (Å²) in [5.74, 6) is 0.611. The van der Waals surface area contributed by atoms with Gasteiger partial charge in [0.1, 0.15) is 31.2 Å². The van der Waals surface area contributed by atoms with E-state index >= 15 is 0 Å². The lowest BCUT2D eigenvalue weighted by Gasteiger charge is -2.14. The Morgan fingerprint density at radius 2 is 2.00 bits per heavy atom. The monoisotopic (exact) mass is 370 g/mol. The van der Waals surface area contributed by atoms with Gasteiger partial charge in [0.2, 0.25) is 0 Å². The van der Waals surface area contributed by atoms with E-state index in [1.54, 1.807) is 24.3 Å². The van der Waals surface area contributed by atoms with Crippen molar-refractivity contribution in [1.29, 1.82) is 0 Å².